The molecule has 120 valence electrons. The van der Waals surface area contributed by atoms with Gasteiger partial charge in [-0.05, 0) is 25.0 Å². The summed E-state index contributed by atoms with van der Waals surface area (Å²) in [5.74, 6) is 0.392. The summed E-state index contributed by atoms with van der Waals surface area (Å²) < 4.78 is 0. The fourth-order valence-corrected chi connectivity index (χ4v) is 2.67. The first-order chi connectivity index (χ1) is 11.2. The maximum atomic E-state index is 11.4. The predicted octanol–water partition coefficient (Wildman–Crippen LogP) is 3.18. The minimum atomic E-state index is -0.466. The summed E-state index contributed by atoms with van der Waals surface area (Å²) in [5.41, 5.74) is 6.33. The molecule has 2 aromatic rings. The van der Waals surface area contributed by atoms with Crippen molar-refractivity contribution in [2.75, 3.05) is 16.2 Å². The van der Waals surface area contributed by atoms with Crippen LogP contribution in [0.4, 0.5) is 23.0 Å². The van der Waals surface area contributed by atoms with Crippen molar-refractivity contribution in [3.8, 4) is 0 Å². The number of hydrogen-bond acceptors (Lipinski definition) is 7. The van der Waals surface area contributed by atoms with Crippen LogP contribution in [0.2, 0.25) is 0 Å². The summed E-state index contributed by atoms with van der Waals surface area (Å²) >= 11 is 0. The molecule has 1 aromatic heterocycles. The zero-order chi connectivity index (χ0) is 16.1. The molecule has 1 heterocycles. The van der Waals surface area contributed by atoms with E-state index >= 15 is 0 Å². The Morgan fingerprint density at radius 2 is 1.74 bits per heavy atom. The van der Waals surface area contributed by atoms with Gasteiger partial charge in [0.2, 0.25) is 11.6 Å². The van der Waals surface area contributed by atoms with Crippen LogP contribution in [0.25, 0.3) is 0 Å². The molecule has 0 bridgehead atoms. The molecule has 0 spiro atoms. The number of hydrazine groups is 1. The average Bonchev–Trinajstić information content (AvgIpc) is 3.06. The smallest absolute Gasteiger partial charge is 0.354 e. The highest BCUT2D eigenvalue weighted by Gasteiger charge is 2.26. The number of para-hydroxylation sites is 1. The van der Waals surface area contributed by atoms with Crippen LogP contribution in [0, 0.1) is 10.1 Å². The van der Waals surface area contributed by atoms with E-state index in [1.807, 2.05) is 30.3 Å². The Hall–Kier alpha value is -2.90. The van der Waals surface area contributed by atoms with Crippen LogP contribution in [0.15, 0.2) is 36.7 Å². The molecule has 8 heteroatoms. The Kier molecular flexibility index (Phi) is 4.51. The molecule has 3 rings (SSSR count). The molecule has 0 aliphatic heterocycles. The van der Waals surface area contributed by atoms with Gasteiger partial charge in [-0.25, -0.2) is 9.97 Å². The summed E-state index contributed by atoms with van der Waals surface area (Å²) in [7, 11) is 0. The quantitative estimate of drug-likeness (QED) is 0.555. The Morgan fingerprint density at radius 1 is 1.04 bits per heavy atom. The highest BCUT2D eigenvalue weighted by molar-refractivity contribution is 5.70. The van der Waals surface area contributed by atoms with Crippen LogP contribution in [-0.2, 0) is 0 Å². The highest BCUT2D eigenvalue weighted by atomic mass is 16.6. The van der Waals surface area contributed by atoms with Gasteiger partial charge in [-0.2, -0.15) is 0 Å². The third-order valence-electron chi connectivity index (χ3n) is 3.80. The van der Waals surface area contributed by atoms with Gasteiger partial charge in [0, 0.05) is 6.04 Å². The minimum Gasteiger partial charge on any atom is -0.361 e. The molecular weight excluding hydrogens is 296 g/mol. The number of hydrogen-bond donors (Lipinski definition) is 3. The number of aromatic nitrogens is 2. The third-order valence-corrected chi connectivity index (χ3v) is 3.80. The second-order valence-electron chi connectivity index (χ2n) is 5.42. The zero-order valence-electron chi connectivity index (χ0n) is 12.5. The van der Waals surface area contributed by atoms with Crippen LogP contribution >= 0.6 is 0 Å². The van der Waals surface area contributed by atoms with Crippen molar-refractivity contribution >= 4 is 23.0 Å². The zero-order valence-corrected chi connectivity index (χ0v) is 12.5. The van der Waals surface area contributed by atoms with Gasteiger partial charge in [0.1, 0.15) is 6.33 Å². The van der Waals surface area contributed by atoms with Crippen LogP contribution in [-0.4, -0.2) is 20.9 Å². The summed E-state index contributed by atoms with van der Waals surface area (Å²) in [5, 5.41) is 14.6. The average molecular weight is 314 g/mol. The lowest BCUT2D eigenvalue weighted by Crippen LogP contribution is -2.19. The van der Waals surface area contributed by atoms with E-state index < -0.39 is 4.92 Å². The van der Waals surface area contributed by atoms with Gasteiger partial charge in [0.25, 0.3) is 0 Å². The SMILES string of the molecule is O=[N+]([O-])c1c(NNc2ccccc2)ncnc1NC1CCCC1. The lowest BCUT2D eigenvalue weighted by atomic mass is 10.2. The summed E-state index contributed by atoms with van der Waals surface area (Å²) in [6.07, 6.45) is 5.60. The number of anilines is 3. The Morgan fingerprint density at radius 3 is 2.43 bits per heavy atom. The topological polar surface area (TPSA) is 105 Å². The first kappa shape index (κ1) is 15.0. The van der Waals surface area contributed by atoms with Gasteiger partial charge >= 0.3 is 5.69 Å². The second kappa shape index (κ2) is 6.91. The molecule has 1 saturated carbocycles. The van der Waals surface area contributed by atoms with Crippen molar-refractivity contribution in [1.29, 1.82) is 0 Å². The van der Waals surface area contributed by atoms with E-state index in [1.54, 1.807) is 0 Å². The van der Waals surface area contributed by atoms with Crippen molar-refractivity contribution in [3.63, 3.8) is 0 Å². The number of benzene rings is 1. The van der Waals surface area contributed by atoms with Crippen LogP contribution in [0.1, 0.15) is 25.7 Å². The number of nitro groups is 1. The first-order valence-corrected chi connectivity index (χ1v) is 7.57. The fraction of sp³-hybridized carbons (Fsp3) is 0.333. The van der Waals surface area contributed by atoms with Crippen molar-refractivity contribution in [1.82, 2.24) is 9.97 Å². The second-order valence-corrected chi connectivity index (χ2v) is 5.42. The molecule has 1 aliphatic rings. The first-order valence-electron chi connectivity index (χ1n) is 7.57. The number of nitrogens with zero attached hydrogens (tertiary/aromatic N) is 3. The number of nitrogens with one attached hydrogen (secondary N) is 3. The van der Waals surface area contributed by atoms with Crippen molar-refractivity contribution < 1.29 is 4.92 Å². The maximum absolute atomic E-state index is 11.4. The fourth-order valence-electron chi connectivity index (χ4n) is 2.67. The van der Waals surface area contributed by atoms with Gasteiger partial charge in [-0.15, -0.1) is 0 Å². The van der Waals surface area contributed by atoms with E-state index in [0.29, 0.717) is 0 Å². The highest BCUT2D eigenvalue weighted by Crippen LogP contribution is 2.31. The van der Waals surface area contributed by atoms with E-state index in [2.05, 4.69) is 26.1 Å². The summed E-state index contributed by atoms with van der Waals surface area (Å²) in [6, 6.07) is 9.55. The summed E-state index contributed by atoms with van der Waals surface area (Å²) in [6.45, 7) is 0. The van der Waals surface area contributed by atoms with Crippen LogP contribution in [0.5, 0.6) is 0 Å². The molecule has 1 aliphatic carbocycles. The molecule has 1 fully saturated rings. The molecule has 3 N–H and O–H groups in total. The van der Waals surface area contributed by atoms with Crippen LogP contribution < -0.4 is 16.2 Å². The van der Waals surface area contributed by atoms with Crippen molar-refractivity contribution in [3.05, 3.63) is 46.8 Å². The van der Waals surface area contributed by atoms with Crippen molar-refractivity contribution in [2.24, 2.45) is 0 Å². The normalized spacial score (nSPS) is 14.4. The van der Waals surface area contributed by atoms with Gasteiger partial charge < -0.3 is 5.32 Å². The lowest BCUT2D eigenvalue weighted by Gasteiger charge is -2.14. The van der Waals surface area contributed by atoms with Gasteiger partial charge in [-0.1, -0.05) is 31.0 Å². The van der Waals surface area contributed by atoms with Crippen molar-refractivity contribution in [2.45, 2.75) is 31.7 Å². The van der Waals surface area contributed by atoms with E-state index in [9.17, 15) is 10.1 Å². The van der Waals surface area contributed by atoms with Crippen LogP contribution in [0.3, 0.4) is 0 Å². The monoisotopic (exact) mass is 314 g/mol. The molecular formula is C15H18N6O2. The summed E-state index contributed by atoms with van der Waals surface area (Å²) in [4.78, 5) is 19.0. The van der Waals surface area contributed by atoms with Gasteiger partial charge in [0.15, 0.2) is 0 Å². The molecule has 23 heavy (non-hydrogen) atoms. The largest absolute Gasteiger partial charge is 0.361 e. The molecule has 0 radical (unpaired) electrons. The van der Waals surface area contributed by atoms with E-state index in [4.69, 9.17) is 0 Å². The Balaban J connectivity index is 1.79. The minimum absolute atomic E-state index is 0.134. The molecule has 0 unspecified atom stereocenters. The third kappa shape index (κ3) is 3.65. The Labute approximate surface area is 133 Å². The molecule has 0 saturated heterocycles. The molecule has 0 atom stereocenters. The molecule has 8 nitrogen and oxygen atoms in total. The standard InChI is InChI=1S/C15H18N6O2/c22-21(23)13-14(18-11-6-4-5-7-11)16-10-17-15(13)20-19-12-8-2-1-3-9-12/h1-3,8-11,19H,4-7H2,(H2,16,17,18,20). The molecule has 0 amide bonds. The Bertz CT molecular complexity index is 673. The number of rotatable bonds is 6. The lowest BCUT2D eigenvalue weighted by molar-refractivity contribution is -0.383. The predicted molar refractivity (Wildman–Crippen MR) is 88.3 cm³/mol. The van der Waals surface area contributed by atoms with E-state index in [-0.39, 0.29) is 23.4 Å². The van der Waals surface area contributed by atoms with E-state index in [1.165, 1.54) is 6.33 Å². The van der Waals surface area contributed by atoms with E-state index in [0.717, 1.165) is 31.4 Å². The van der Waals surface area contributed by atoms with Gasteiger partial charge in [-0.3, -0.25) is 21.0 Å². The molecule has 1 aromatic carbocycles. The maximum Gasteiger partial charge on any atom is 0.354 e. The van der Waals surface area contributed by atoms with Gasteiger partial charge in [0.05, 0.1) is 10.6 Å².